The van der Waals surface area contributed by atoms with Crippen molar-refractivity contribution < 1.29 is 0 Å². The molecule has 14 heavy (non-hydrogen) atoms. The third-order valence-corrected chi connectivity index (χ3v) is 2.32. The number of anilines is 2. The number of nitrogens with one attached hydrogen (secondary N) is 2. The van der Waals surface area contributed by atoms with Gasteiger partial charge in [-0.1, -0.05) is 0 Å². The van der Waals surface area contributed by atoms with Crippen LogP contribution in [0.25, 0.3) is 11.0 Å². The zero-order valence-corrected chi connectivity index (χ0v) is 7.62. The van der Waals surface area contributed by atoms with E-state index >= 15 is 0 Å². The molecule has 3 heterocycles. The lowest BCUT2D eigenvalue weighted by Gasteiger charge is -2.18. The molecule has 0 unspecified atom stereocenters. The van der Waals surface area contributed by atoms with Gasteiger partial charge < -0.3 is 10.6 Å². The zero-order valence-electron chi connectivity index (χ0n) is 7.62. The summed E-state index contributed by atoms with van der Waals surface area (Å²) in [7, 11) is 0. The van der Waals surface area contributed by atoms with Crippen LogP contribution in [0.4, 0.5) is 11.5 Å². The Balaban J connectivity index is 2.27. The van der Waals surface area contributed by atoms with Gasteiger partial charge in [-0.25, -0.2) is 9.97 Å². The maximum atomic E-state index is 4.43. The molecule has 4 nitrogen and oxygen atoms in total. The summed E-state index contributed by atoms with van der Waals surface area (Å²) < 4.78 is 0. The molecule has 0 amide bonds. The SMILES string of the molecule is c1cnc2nc3c(cc2c1)NCCN3. The van der Waals surface area contributed by atoms with Gasteiger partial charge in [-0.3, -0.25) is 0 Å². The number of hydrogen-bond donors (Lipinski definition) is 2. The molecule has 0 fully saturated rings. The summed E-state index contributed by atoms with van der Waals surface area (Å²) in [4.78, 5) is 8.64. The van der Waals surface area contributed by atoms with Gasteiger partial charge in [0.1, 0.15) is 0 Å². The van der Waals surface area contributed by atoms with E-state index in [-0.39, 0.29) is 0 Å². The largest absolute Gasteiger partial charge is 0.380 e. The summed E-state index contributed by atoms with van der Waals surface area (Å²) in [6.07, 6.45) is 1.76. The van der Waals surface area contributed by atoms with Crippen LogP contribution in [-0.4, -0.2) is 23.1 Å². The fourth-order valence-corrected chi connectivity index (χ4v) is 1.65. The molecule has 70 valence electrons. The Morgan fingerprint density at radius 3 is 3.14 bits per heavy atom. The predicted octanol–water partition coefficient (Wildman–Crippen LogP) is 1.47. The van der Waals surface area contributed by atoms with Crippen LogP contribution in [-0.2, 0) is 0 Å². The fraction of sp³-hybridized carbons (Fsp3) is 0.200. The second kappa shape index (κ2) is 2.83. The van der Waals surface area contributed by atoms with E-state index in [0.29, 0.717) is 0 Å². The van der Waals surface area contributed by atoms with Gasteiger partial charge >= 0.3 is 0 Å². The Morgan fingerprint density at radius 1 is 1.21 bits per heavy atom. The molecule has 2 aromatic heterocycles. The van der Waals surface area contributed by atoms with Crippen molar-refractivity contribution in [3.8, 4) is 0 Å². The summed E-state index contributed by atoms with van der Waals surface area (Å²) in [5.41, 5.74) is 1.86. The number of nitrogens with zero attached hydrogens (tertiary/aromatic N) is 2. The lowest BCUT2D eigenvalue weighted by atomic mass is 10.2. The van der Waals surface area contributed by atoms with Crippen LogP contribution < -0.4 is 10.6 Å². The van der Waals surface area contributed by atoms with Crippen LogP contribution in [0, 0.1) is 0 Å². The average molecular weight is 186 g/mol. The van der Waals surface area contributed by atoms with E-state index in [1.165, 1.54) is 0 Å². The minimum Gasteiger partial charge on any atom is -0.380 e. The first kappa shape index (κ1) is 7.55. The van der Waals surface area contributed by atoms with Crippen molar-refractivity contribution in [2.75, 3.05) is 23.7 Å². The fourth-order valence-electron chi connectivity index (χ4n) is 1.65. The standard InChI is InChI=1S/C10H10N4/c1-2-7-6-8-10(13-5-4-11-8)14-9(7)12-3-1/h1-3,6,11H,4-5H2,(H,12,13,14). The molecule has 0 spiro atoms. The van der Waals surface area contributed by atoms with Crippen molar-refractivity contribution >= 4 is 22.5 Å². The quantitative estimate of drug-likeness (QED) is 0.654. The summed E-state index contributed by atoms with van der Waals surface area (Å²) >= 11 is 0. The molecule has 0 saturated carbocycles. The van der Waals surface area contributed by atoms with E-state index in [1.807, 2.05) is 12.1 Å². The maximum absolute atomic E-state index is 4.43. The average Bonchev–Trinajstić information content (AvgIpc) is 2.26. The van der Waals surface area contributed by atoms with Gasteiger partial charge in [-0.2, -0.15) is 0 Å². The molecular formula is C10H10N4. The van der Waals surface area contributed by atoms with E-state index in [0.717, 1.165) is 35.6 Å². The highest BCUT2D eigenvalue weighted by molar-refractivity contribution is 5.84. The lowest BCUT2D eigenvalue weighted by molar-refractivity contribution is 1.02. The smallest absolute Gasteiger partial charge is 0.161 e. The Morgan fingerprint density at radius 2 is 2.14 bits per heavy atom. The van der Waals surface area contributed by atoms with Gasteiger partial charge in [0.15, 0.2) is 11.5 Å². The lowest BCUT2D eigenvalue weighted by Crippen LogP contribution is -2.21. The normalized spacial score (nSPS) is 14.3. The monoisotopic (exact) mass is 186 g/mol. The van der Waals surface area contributed by atoms with Crippen molar-refractivity contribution in [1.82, 2.24) is 9.97 Å². The van der Waals surface area contributed by atoms with Crippen molar-refractivity contribution in [2.24, 2.45) is 0 Å². The van der Waals surface area contributed by atoms with Gasteiger partial charge in [-0.15, -0.1) is 0 Å². The van der Waals surface area contributed by atoms with Gasteiger partial charge in [-0.05, 0) is 18.2 Å². The first-order valence-corrected chi connectivity index (χ1v) is 4.67. The summed E-state index contributed by atoms with van der Waals surface area (Å²) in [6.45, 7) is 1.86. The van der Waals surface area contributed by atoms with E-state index in [9.17, 15) is 0 Å². The molecule has 0 aromatic carbocycles. The highest BCUT2D eigenvalue weighted by Gasteiger charge is 2.09. The minimum atomic E-state index is 0.794. The van der Waals surface area contributed by atoms with Crippen molar-refractivity contribution in [1.29, 1.82) is 0 Å². The molecule has 0 aliphatic carbocycles. The Labute approximate surface area is 81.4 Å². The molecule has 1 aliphatic rings. The van der Waals surface area contributed by atoms with Gasteiger partial charge in [0.25, 0.3) is 0 Å². The van der Waals surface area contributed by atoms with Crippen LogP contribution in [0.15, 0.2) is 24.4 Å². The van der Waals surface area contributed by atoms with Crippen molar-refractivity contribution in [3.63, 3.8) is 0 Å². The highest BCUT2D eigenvalue weighted by atomic mass is 15.1. The molecule has 0 bridgehead atoms. The zero-order chi connectivity index (χ0) is 9.38. The number of fused-ring (bicyclic) bond motifs is 2. The molecule has 3 rings (SSSR count). The summed E-state index contributed by atoms with van der Waals surface area (Å²) in [5, 5.41) is 7.61. The van der Waals surface area contributed by atoms with Crippen LogP contribution in [0.3, 0.4) is 0 Å². The van der Waals surface area contributed by atoms with Crippen molar-refractivity contribution in [3.05, 3.63) is 24.4 Å². The van der Waals surface area contributed by atoms with Crippen LogP contribution in [0.2, 0.25) is 0 Å². The topological polar surface area (TPSA) is 49.8 Å². The second-order valence-corrected chi connectivity index (χ2v) is 3.29. The molecule has 0 atom stereocenters. The van der Waals surface area contributed by atoms with E-state index < -0.39 is 0 Å². The Bertz CT molecular complexity index is 436. The number of pyridine rings is 2. The molecule has 1 aliphatic heterocycles. The highest BCUT2D eigenvalue weighted by Crippen LogP contribution is 2.25. The molecule has 4 heteroatoms. The minimum absolute atomic E-state index is 0.794. The molecule has 2 aromatic rings. The Hall–Kier alpha value is -1.84. The number of hydrogen-bond acceptors (Lipinski definition) is 4. The third-order valence-electron chi connectivity index (χ3n) is 2.32. The first-order chi connectivity index (χ1) is 6.93. The van der Waals surface area contributed by atoms with Crippen LogP contribution in [0.5, 0.6) is 0 Å². The van der Waals surface area contributed by atoms with Gasteiger partial charge in [0.05, 0.1) is 5.69 Å². The van der Waals surface area contributed by atoms with Gasteiger partial charge in [0.2, 0.25) is 0 Å². The Kier molecular flexibility index (Phi) is 1.53. The van der Waals surface area contributed by atoms with E-state index in [4.69, 9.17) is 0 Å². The second-order valence-electron chi connectivity index (χ2n) is 3.29. The predicted molar refractivity (Wildman–Crippen MR) is 56.5 cm³/mol. The summed E-state index contributed by atoms with van der Waals surface area (Å²) in [6, 6.07) is 6.02. The molecule has 0 radical (unpaired) electrons. The van der Waals surface area contributed by atoms with Gasteiger partial charge in [0, 0.05) is 24.7 Å². The van der Waals surface area contributed by atoms with Crippen LogP contribution >= 0.6 is 0 Å². The molecule has 0 saturated heterocycles. The molecule has 2 N–H and O–H groups in total. The maximum Gasteiger partial charge on any atom is 0.161 e. The molecular weight excluding hydrogens is 176 g/mol. The van der Waals surface area contributed by atoms with Crippen LogP contribution in [0.1, 0.15) is 0 Å². The first-order valence-electron chi connectivity index (χ1n) is 4.67. The van der Waals surface area contributed by atoms with Crippen molar-refractivity contribution in [2.45, 2.75) is 0 Å². The van der Waals surface area contributed by atoms with E-state index in [1.54, 1.807) is 6.20 Å². The third kappa shape index (κ3) is 1.08. The van der Waals surface area contributed by atoms with E-state index in [2.05, 4.69) is 26.7 Å². The number of rotatable bonds is 0. The number of aromatic nitrogens is 2. The summed E-state index contributed by atoms with van der Waals surface area (Å²) in [5.74, 6) is 0.905.